The first-order valence-corrected chi connectivity index (χ1v) is 5.81. The van der Waals surface area contributed by atoms with Crippen LogP contribution in [0.4, 0.5) is 13.2 Å². The normalized spacial score (nSPS) is 11.6. The molecule has 2 nitrogen and oxygen atoms in total. The number of benzene rings is 1. The van der Waals surface area contributed by atoms with Gasteiger partial charge < -0.3 is 4.74 Å². The largest absolute Gasteiger partial charge is 0.573 e. The third kappa shape index (κ3) is 4.13. The van der Waals surface area contributed by atoms with Crippen molar-refractivity contribution in [1.82, 2.24) is 0 Å². The van der Waals surface area contributed by atoms with E-state index in [2.05, 4.69) is 36.6 Å². The van der Waals surface area contributed by atoms with Crippen LogP contribution in [0.1, 0.15) is 10.4 Å². The molecular formula is C9H5Br2F3O2. The molecule has 0 bridgehead atoms. The molecule has 0 fully saturated rings. The zero-order valence-corrected chi connectivity index (χ0v) is 10.8. The maximum Gasteiger partial charge on any atom is 0.573 e. The van der Waals surface area contributed by atoms with E-state index in [0.717, 1.165) is 12.1 Å². The van der Waals surface area contributed by atoms with Gasteiger partial charge in [0.1, 0.15) is 9.49 Å². The maximum absolute atomic E-state index is 11.8. The molecular weight excluding hydrogens is 357 g/mol. The molecule has 1 aromatic carbocycles. The zero-order chi connectivity index (χ0) is 12.3. The Morgan fingerprint density at radius 1 is 1.19 bits per heavy atom. The monoisotopic (exact) mass is 360 g/mol. The van der Waals surface area contributed by atoms with Crippen LogP contribution < -0.4 is 4.74 Å². The molecule has 0 unspecified atom stereocenters. The molecule has 0 aliphatic carbocycles. The molecule has 1 aromatic rings. The molecule has 16 heavy (non-hydrogen) atoms. The minimum absolute atomic E-state index is 0.279. The Morgan fingerprint density at radius 2 is 1.69 bits per heavy atom. The second-order valence-corrected chi connectivity index (χ2v) is 5.80. The molecule has 7 heteroatoms. The Labute approximate surface area is 106 Å². The molecule has 0 heterocycles. The summed E-state index contributed by atoms with van der Waals surface area (Å²) in [5.74, 6) is -0.636. The number of hydrogen-bond acceptors (Lipinski definition) is 2. The van der Waals surface area contributed by atoms with E-state index in [1.807, 2.05) is 0 Å². The predicted molar refractivity (Wildman–Crippen MR) is 59.1 cm³/mol. The summed E-state index contributed by atoms with van der Waals surface area (Å²) in [6, 6.07) is 4.70. The number of Topliss-reactive ketones (excluding diaryl/α,β-unsaturated/α-hetero) is 1. The van der Waals surface area contributed by atoms with E-state index in [-0.39, 0.29) is 17.1 Å². The summed E-state index contributed by atoms with van der Waals surface area (Å²) in [6.07, 6.45) is -4.72. The summed E-state index contributed by atoms with van der Waals surface area (Å²) in [6.45, 7) is 0. The molecule has 0 aliphatic heterocycles. The molecule has 88 valence electrons. The van der Waals surface area contributed by atoms with Gasteiger partial charge in [-0.25, -0.2) is 0 Å². The van der Waals surface area contributed by atoms with Crippen LogP contribution in [-0.2, 0) is 0 Å². The molecule has 0 saturated carbocycles. The van der Waals surface area contributed by atoms with Crippen molar-refractivity contribution in [3.63, 3.8) is 0 Å². The van der Waals surface area contributed by atoms with Crippen molar-refractivity contribution in [3.8, 4) is 5.75 Å². The standard InChI is InChI=1S/C9H5Br2F3O2/c10-8(11)7(15)5-1-3-6(4-2-5)16-9(12,13)14/h1-4,8H. The number of halogens is 5. The molecule has 0 atom stereocenters. The minimum atomic E-state index is -4.72. The van der Waals surface area contributed by atoms with Crippen molar-refractivity contribution in [2.24, 2.45) is 0 Å². The van der Waals surface area contributed by atoms with E-state index in [1.165, 1.54) is 12.1 Å². The number of carbonyl (C=O) groups is 1. The van der Waals surface area contributed by atoms with Crippen molar-refractivity contribution >= 4 is 37.6 Å². The Balaban J connectivity index is 2.80. The fourth-order valence-corrected chi connectivity index (χ4v) is 1.48. The third-order valence-electron chi connectivity index (χ3n) is 1.57. The van der Waals surface area contributed by atoms with Gasteiger partial charge in [0.05, 0.1) is 0 Å². The average Bonchev–Trinajstić information content (AvgIpc) is 2.15. The zero-order valence-electron chi connectivity index (χ0n) is 7.59. The first-order valence-electron chi connectivity index (χ1n) is 3.98. The Bertz CT molecular complexity index is 373. The van der Waals surface area contributed by atoms with Crippen LogP contribution >= 0.6 is 31.9 Å². The van der Waals surface area contributed by atoms with Crippen molar-refractivity contribution in [2.45, 2.75) is 10.1 Å². The average molecular weight is 362 g/mol. The highest BCUT2D eigenvalue weighted by molar-refractivity contribution is 9.25. The molecule has 0 spiro atoms. The number of carbonyl (C=O) groups excluding carboxylic acids is 1. The van der Waals surface area contributed by atoms with Crippen LogP contribution in [0.15, 0.2) is 24.3 Å². The lowest BCUT2D eigenvalue weighted by molar-refractivity contribution is -0.274. The van der Waals surface area contributed by atoms with Crippen LogP contribution in [-0.4, -0.2) is 15.9 Å². The maximum atomic E-state index is 11.8. The van der Waals surface area contributed by atoms with E-state index in [4.69, 9.17) is 0 Å². The van der Waals surface area contributed by atoms with E-state index in [0.29, 0.717) is 0 Å². The van der Waals surface area contributed by atoms with Gasteiger partial charge in [0, 0.05) is 5.56 Å². The van der Waals surface area contributed by atoms with Gasteiger partial charge in [0.25, 0.3) is 0 Å². The summed E-state index contributed by atoms with van der Waals surface area (Å²) in [7, 11) is 0. The van der Waals surface area contributed by atoms with E-state index in [9.17, 15) is 18.0 Å². The minimum Gasteiger partial charge on any atom is -0.406 e. The van der Waals surface area contributed by atoms with E-state index in [1.54, 1.807) is 0 Å². The molecule has 0 amide bonds. The number of ketones is 1. The molecule has 0 saturated heterocycles. The van der Waals surface area contributed by atoms with Crippen LogP contribution in [0.2, 0.25) is 0 Å². The van der Waals surface area contributed by atoms with Gasteiger partial charge in [-0.05, 0) is 24.3 Å². The smallest absolute Gasteiger partial charge is 0.406 e. The predicted octanol–water partition coefficient (Wildman–Crippen LogP) is 3.88. The van der Waals surface area contributed by atoms with Gasteiger partial charge in [0.2, 0.25) is 0 Å². The Kier molecular flexibility index (Phi) is 4.37. The lowest BCUT2D eigenvalue weighted by atomic mass is 10.1. The topological polar surface area (TPSA) is 26.3 Å². The quantitative estimate of drug-likeness (QED) is 0.603. The van der Waals surface area contributed by atoms with Crippen LogP contribution in [0.25, 0.3) is 0 Å². The van der Waals surface area contributed by atoms with E-state index < -0.39 is 10.1 Å². The number of rotatable bonds is 3. The summed E-state index contributed by atoms with van der Waals surface area (Å²) < 4.78 is 38.6. The Morgan fingerprint density at radius 3 is 2.06 bits per heavy atom. The molecule has 0 aliphatic rings. The van der Waals surface area contributed by atoms with Crippen molar-refractivity contribution in [2.75, 3.05) is 0 Å². The highest BCUT2D eigenvalue weighted by atomic mass is 79.9. The number of alkyl halides is 5. The summed E-state index contributed by atoms with van der Waals surface area (Å²) in [5.41, 5.74) is 0.285. The molecule has 1 rings (SSSR count). The summed E-state index contributed by atoms with van der Waals surface area (Å²) in [5, 5.41) is 0. The van der Waals surface area contributed by atoms with Gasteiger partial charge in [-0.3, -0.25) is 4.79 Å². The number of hydrogen-bond donors (Lipinski definition) is 0. The second-order valence-electron chi connectivity index (χ2n) is 2.74. The molecule has 0 N–H and O–H groups in total. The lowest BCUT2D eigenvalue weighted by Crippen LogP contribution is -2.17. The fourth-order valence-electron chi connectivity index (χ4n) is 0.947. The van der Waals surface area contributed by atoms with Gasteiger partial charge in [-0.1, -0.05) is 31.9 Å². The van der Waals surface area contributed by atoms with Crippen LogP contribution in [0, 0.1) is 0 Å². The van der Waals surface area contributed by atoms with Gasteiger partial charge in [-0.2, -0.15) is 0 Å². The van der Waals surface area contributed by atoms with Crippen molar-refractivity contribution in [1.29, 1.82) is 0 Å². The third-order valence-corrected chi connectivity index (χ3v) is 2.40. The Hall–Kier alpha value is -0.560. The first kappa shape index (κ1) is 13.5. The summed E-state index contributed by atoms with van der Waals surface area (Å²) in [4.78, 5) is 11.4. The highest BCUT2D eigenvalue weighted by Gasteiger charge is 2.31. The SMILES string of the molecule is O=C(c1ccc(OC(F)(F)F)cc1)C(Br)Br. The summed E-state index contributed by atoms with van der Waals surface area (Å²) >= 11 is 6.00. The second kappa shape index (κ2) is 5.18. The van der Waals surface area contributed by atoms with Crippen molar-refractivity contribution in [3.05, 3.63) is 29.8 Å². The van der Waals surface area contributed by atoms with Crippen LogP contribution in [0.3, 0.4) is 0 Å². The fraction of sp³-hybridized carbons (Fsp3) is 0.222. The molecule has 0 aromatic heterocycles. The van der Waals surface area contributed by atoms with Gasteiger partial charge >= 0.3 is 6.36 Å². The van der Waals surface area contributed by atoms with E-state index >= 15 is 0 Å². The number of ether oxygens (including phenoxy) is 1. The highest BCUT2D eigenvalue weighted by Crippen LogP contribution is 2.24. The molecule has 0 radical (unpaired) electrons. The first-order chi connectivity index (χ1) is 7.29. The van der Waals surface area contributed by atoms with Crippen molar-refractivity contribution < 1.29 is 22.7 Å². The van der Waals surface area contributed by atoms with Crippen LogP contribution in [0.5, 0.6) is 5.75 Å². The van der Waals surface area contributed by atoms with Gasteiger partial charge in [-0.15, -0.1) is 13.2 Å². The van der Waals surface area contributed by atoms with Gasteiger partial charge in [0.15, 0.2) is 5.78 Å². The lowest BCUT2D eigenvalue weighted by Gasteiger charge is -2.09.